The van der Waals surface area contributed by atoms with Gasteiger partial charge in [-0.15, -0.1) is 0 Å². The van der Waals surface area contributed by atoms with Crippen LogP contribution >= 0.6 is 0 Å². The van der Waals surface area contributed by atoms with E-state index < -0.39 is 5.97 Å². The van der Waals surface area contributed by atoms with Gasteiger partial charge < -0.3 is 14.2 Å². The molecular formula is C25H19NO5. The van der Waals surface area contributed by atoms with Gasteiger partial charge in [0.25, 0.3) is 0 Å². The molecule has 3 rings (SSSR count). The Morgan fingerprint density at radius 1 is 0.839 bits per heavy atom. The zero-order chi connectivity index (χ0) is 22.1. The highest BCUT2D eigenvalue weighted by atomic mass is 16.7. The van der Waals surface area contributed by atoms with Gasteiger partial charge >= 0.3 is 5.97 Å². The number of nitriles is 1. The maximum absolute atomic E-state index is 12.4. The first-order valence-corrected chi connectivity index (χ1v) is 9.37. The van der Waals surface area contributed by atoms with E-state index in [1.165, 1.54) is 0 Å². The summed E-state index contributed by atoms with van der Waals surface area (Å²) in [6.45, 7) is 3.03. The maximum Gasteiger partial charge on any atom is 0.333 e. The predicted octanol–water partition coefficient (Wildman–Crippen LogP) is 4.55. The second kappa shape index (κ2) is 10.4. The van der Waals surface area contributed by atoms with Crippen molar-refractivity contribution in [3.05, 3.63) is 96.6 Å². The molecule has 0 saturated heterocycles. The molecule has 0 aliphatic heterocycles. The molecule has 0 amide bonds. The highest BCUT2D eigenvalue weighted by Crippen LogP contribution is 2.23. The summed E-state index contributed by atoms with van der Waals surface area (Å²) in [7, 11) is 0. The molecule has 0 aromatic heterocycles. The van der Waals surface area contributed by atoms with Gasteiger partial charge in [0, 0.05) is 11.6 Å². The average Bonchev–Trinajstić information content (AvgIpc) is 2.83. The summed E-state index contributed by atoms with van der Waals surface area (Å²) < 4.78 is 15.6. The first-order valence-electron chi connectivity index (χ1n) is 9.37. The van der Waals surface area contributed by atoms with Crippen LogP contribution < -0.4 is 9.47 Å². The van der Waals surface area contributed by atoms with Gasteiger partial charge in [0.05, 0.1) is 11.6 Å². The summed E-state index contributed by atoms with van der Waals surface area (Å²) in [6.07, 6.45) is 1.07. The lowest BCUT2D eigenvalue weighted by molar-refractivity contribution is -0.144. The minimum Gasteiger partial charge on any atom is -0.485 e. The Labute approximate surface area is 179 Å². The number of carbonyl (C=O) groups is 2. The van der Waals surface area contributed by atoms with Crippen molar-refractivity contribution in [1.29, 1.82) is 5.26 Å². The lowest BCUT2D eigenvalue weighted by atomic mass is 10.0. The van der Waals surface area contributed by atoms with E-state index in [0.717, 1.165) is 17.2 Å². The Bertz CT molecular complexity index is 1090. The Morgan fingerprint density at radius 2 is 1.39 bits per heavy atom. The van der Waals surface area contributed by atoms with E-state index in [1.807, 2.05) is 30.3 Å². The van der Waals surface area contributed by atoms with Crippen molar-refractivity contribution in [2.45, 2.75) is 0 Å². The SMILES string of the molecule is C=CC(=O)OCOc1ccc(-c2ccc(C(=O)COc3ccc(C#N)cc3)cc2)cc1. The third-order valence-electron chi connectivity index (χ3n) is 4.34. The summed E-state index contributed by atoms with van der Waals surface area (Å²) >= 11 is 0. The number of Topliss-reactive ketones (excluding diaryl/α,β-unsaturated/α-hetero) is 1. The Kier molecular flexibility index (Phi) is 7.17. The van der Waals surface area contributed by atoms with E-state index in [1.54, 1.807) is 48.5 Å². The lowest BCUT2D eigenvalue weighted by Gasteiger charge is -2.08. The molecule has 0 fully saturated rings. The highest BCUT2D eigenvalue weighted by molar-refractivity contribution is 5.97. The van der Waals surface area contributed by atoms with Crippen LogP contribution in [0.4, 0.5) is 0 Å². The lowest BCUT2D eigenvalue weighted by Crippen LogP contribution is -2.11. The van der Waals surface area contributed by atoms with E-state index in [-0.39, 0.29) is 19.2 Å². The molecule has 154 valence electrons. The molecule has 6 heteroatoms. The van der Waals surface area contributed by atoms with Crippen LogP contribution in [0, 0.1) is 11.3 Å². The number of benzene rings is 3. The molecule has 0 spiro atoms. The van der Waals surface area contributed by atoms with Crippen molar-refractivity contribution >= 4 is 11.8 Å². The Hall–Kier alpha value is -4.37. The minimum atomic E-state index is -0.548. The van der Waals surface area contributed by atoms with E-state index in [2.05, 4.69) is 6.58 Å². The van der Waals surface area contributed by atoms with Crippen LogP contribution in [0.1, 0.15) is 15.9 Å². The molecular weight excluding hydrogens is 394 g/mol. The van der Waals surface area contributed by atoms with E-state index in [9.17, 15) is 9.59 Å². The smallest absolute Gasteiger partial charge is 0.333 e. The van der Waals surface area contributed by atoms with Crippen LogP contribution in [-0.4, -0.2) is 25.2 Å². The minimum absolute atomic E-state index is 0.0896. The second-order valence-electron chi connectivity index (χ2n) is 6.38. The van der Waals surface area contributed by atoms with Crippen LogP contribution in [0.2, 0.25) is 0 Å². The van der Waals surface area contributed by atoms with Gasteiger partial charge in [-0.2, -0.15) is 5.26 Å². The van der Waals surface area contributed by atoms with Crippen LogP contribution in [0.5, 0.6) is 11.5 Å². The van der Waals surface area contributed by atoms with Crippen molar-refractivity contribution in [2.75, 3.05) is 13.4 Å². The molecule has 6 nitrogen and oxygen atoms in total. The Balaban J connectivity index is 1.55. The monoisotopic (exact) mass is 413 g/mol. The first-order chi connectivity index (χ1) is 15.1. The van der Waals surface area contributed by atoms with Gasteiger partial charge in [-0.05, 0) is 47.5 Å². The van der Waals surface area contributed by atoms with Crippen molar-refractivity contribution in [1.82, 2.24) is 0 Å². The summed E-state index contributed by atoms with van der Waals surface area (Å²) in [5.74, 6) is 0.403. The van der Waals surface area contributed by atoms with Gasteiger partial charge in [0.1, 0.15) is 11.5 Å². The third-order valence-corrected chi connectivity index (χ3v) is 4.34. The molecule has 31 heavy (non-hydrogen) atoms. The van der Waals surface area contributed by atoms with Crippen LogP contribution in [0.25, 0.3) is 11.1 Å². The molecule has 0 saturated carbocycles. The van der Waals surface area contributed by atoms with Gasteiger partial charge in [0.2, 0.25) is 6.79 Å². The summed E-state index contributed by atoms with van der Waals surface area (Å²) in [5.41, 5.74) is 2.96. The number of carbonyl (C=O) groups excluding carboxylic acids is 2. The van der Waals surface area contributed by atoms with Gasteiger partial charge in [0.15, 0.2) is 12.4 Å². The molecule has 0 radical (unpaired) electrons. The molecule has 3 aromatic rings. The molecule has 0 bridgehead atoms. The van der Waals surface area contributed by atoms with Crippen molar-refractivity contribution in [3.63, 3.8) is 0 Å². The number of ether oxygens (including phenoxy) is 3. The summed E-state index contributed by atoms with van der Waals surface area (Å²) in [6, 6.07) is 23.1. The van der Waals surface area contributed by atoms with Gasteiger partial charge in [-0.3, -0.25) is 4.79 Å². The number of esters is 1. The molecule has 0 heterocycles. The molecule has 0 N–H and O–H groups in total. The second-order valence-corrected chi connectivity index (χ2v) is 6.38. The molecule has 0 unspecified atom stereocenters. The van der Waals surface area contributed by atoms with Crippen LogP contribution in [0.15, 0.2) is 85.5 Å². The van der Waals surface area contributed by atoms with E-state index in [0.29, 0.717) is 22.6 Å². The third kappa shape index (κ3) is 6.05. The Morgan fingerprint density at radius 3 is 1.97 bits per heavy atom. The topological polar surface area (TPSA) is 85.6 Å². The predicted molar refractivity (Wildman–Crippen MR) is 115 cm³/mol. The van der Waals surface area contributed by atoms with Crippen LogP contribution in [-0.2, 0) is 9.53 Å². The number of ketones is 1. The van der Waals surface area contributed by atoms with Crippen molar-refractivity contribution in [3.8, 4) is 28.7 Å². The van der Waals surface area contributed by atoms with E-state index >= 15 is 0 Å². The fourth-order valence-electron chi connectivity index (χ4n) is 2.66. The molecule has 3 aromatic carbocycles. The highest BCUT2D eigenvalue weighted by Gasteiger charge is 2.08. The standard InChI is InChI=1S/C25H19NO5/c1-2-25(28)31-17-30-23-13-9-20(10-14-23)19-5-7-21(8-6-19)24(27)16-29-22-11-3-18(15-26)4-12-22/h2-14H,1,16-17H2. The number of rotatable bonds is 9. The van der Waals surface area contributed by atoms with E-state index in [4.69, 9.17) is 19.5 Å². The largest absolute Gasteiger partial charge is 0.485 e. The fourth-order valence-corrected chi connectivity index (χ4v) is 2.66. The normalized spacial score (nSPS) is 9.90. The summed E-state index contributed by atoms with van der Waals surface area (Å²) in [5, 5.41) is 8.80. The first kappa shape index (κ1) is 21.3. The van der Waals surface area contributed by atoms with Crippen LogP contribution in [0.3, 0.4) is 0 Å². The summed E-state index contributed by atoms with van der Waals surface area (Å²) in [4.78, 5) is 23.4. The quantitative estimate of drug-likeness (QED) is 0.221. The number of hydrogen-bond donors (Lipinski definition) is 0. The average molecular weight is 413 g/mol. The number of nitrogens with zero attached hydrogens (tertiary/aromatic N) is 1. The van der Waals surface area contributed by atoms with Crippen molar-refractivity contribution < 1.29 is 23.8 Å². The zero-order valence-electron chi connectivity index (χ0n) is 16.6. The molecule has 0 atom stereocenters. The van der Waals surface area contributed by atoms with Gasteiger partial charge in [-0.1, -0.05) is 43.0 Å². The number of hydrogen-bond acceptors (Lipinski definition) is 6. The maximum atomic E-state index is 12.4. The fraction of sp³-hybridized carbons (Fsp3) is 0.0800. The zero-order valence-corrected chi connectivity index (χ0v) is 16.6. The molecule has 0 aliphatic rings. The molecule has 0 aliphatic carbocycles. The van der Waals surface area contributed by atoms with Crippen molar-refractivity contribution in [2.24, 2.45) is 0 Å². The van der Waals surface area contributed by atoms with Gasteiger partial charge in [-0.25, -0.2) is 4.79 Å².